The van der Waals surface area contributed by atoms with Crippen LogP contribution in [0.25, 0.3) is 0 Å². The van der Waals surface area contributed by atoms with Gasteiger partial charge in [0.25, 0.3) is 5.91 Å². The zero-order valence-corrected chi connectivity index (χ0v) is 14.9. The van der Waals surface area contributed by atoms with E-state index in [1.165, 1.54) is 6.21 Å². The van der Waals surface area contributed by atoms with Crippen LogP contribution in [-0.4, -0.2) is 18.7 Å². The number of benzene rings is 2. The molecule has 0 fully saturated rings. The number of rotatable bonds is 6. The van der Waals surface area contributed by atoms with Gasteiger partial charge in [0.2, 0.25) is 0 Å². The van der Waals surface area contributed by atoms with E-state index in [9.17, 15) is 4.79 Å². The number of para-hydroxylation sites is 1. The number of hydrogen-bond donors (Lipinski definition) is 1. The minimum atomic E-state index is -0.358. The number of ether oxygens (including phenoxy) is 1. The first-order valence-electron chi connectivity index (χ1n) is 7.46. The molecule has 0 bridgehead atoms. The summed E-state index contributed by atoms with van der Waals surface area (Å²) in [6.07, 6.45) is 1.44. The molecule has 6 heteroatoms. The van der Waals surface area contributed by atoms with E-state index in [4.69, 9.17) is 27.9 Å². The molecule has 0 spiro atoms. The zero-order valence-electron chi connectivity index (χ0n) is 13.4. The molecule has 0 saturated heterocycles. The van der Waals surface area contributed by atoms with Crippen molar-refractivity contribution in [2.45, 2.75) is 19.8 Å². The number of hydrogen-bond acceptors (Lipinski definition) is 3. The minimum Gasteiger partial charge on any atom is -0.483 e. The highest BCUT2D eigenvalue weighted by Gasteiger charge is 2.09. The van der Waals surface area contributed by atoms with Crippen LogP contribution in [0.4, 0.5) is 0 Å². The number of amides is 1. The third-order valence-electron chi connectivity index (χ3n) is 3.27. The molecule has 0 aliphatic rings. The van der Waals surface area contributed by atoms with Crippen molar-refractivity contribution < 1.29 is 9.53 Å². The molecule has 0 saturated carbocycles. The van der Waals surface area contributed by atoms with Crippen LogP contribution in [0.15, 0.2) is 47.6 Å². The zero-order chi connectivity index (χ0) is 17.5. The molecule has 1 amide bonds. The first-order valence-corrected chi connectivity index (χ1v) is 8.22. The summed E-state index contributed by atoms with van der Waals surface area (Å²) in [4.78, 5) is 11.8. The Labute approximate surface area is 151 Å². The summed E-state index contributed by atoms with van der Waals surface area (Å²) in [5, 5.41) is 4.68. The van der Waals surface area contributed by atoms with Crippen molar-refractivity contribution in [3.8, 4) is 5.75 Å². The van der Waals surface area contributed by atoms with E-state index in [0.29, 0.717) is 27.3 Å². The van der Waals surface area contributed by atoms with Gasteiger partial charge in [-0.3, -0.25) is 4.79 Å². The van der Waals surface area contributed by atoms with Crippen LogP contribution in [0.5, 0.6) is 5.75 Å². The van der Waals surface area contributed by atoms with Gasteiger partial charge >= 0.3 is 0 Å². The molecule has 0 heterocycles. The lowest BCUT2D eigenvalue weighted by Gasteiger charge is -2.13. The lowest BCUT2D eigenvalue weighted by Crippen LogP contribution is -2.24. The molecule has 2 rings (SSSR count). The van der Waals surface area contributed by atoms with E-state index >= 15 is 0 Å². The van der Waals surface area contributed by atoms with Gasteiger partial charge < -0.3 is 4.74 Å². The molecule has 2 aromatic rings. The van der Waals surface area contributed by atoms with E-state index in [1.54, 1.807) is 18.2 Å². The van der Waals surface area contributed by atoms with Gasteiger partial charge in [0.1, 0.15) is 5.75 Å². The Balaban J connectivity index is 1.90. The predicted octanol–water partition coefficient (Wildman–Crippen LogP) is 4.65. The van der Waals surface area contributed by atoms with Crippen LogP contribution >= 0.6 is 23.2 Å². The van der Waals surface area contributed by atoms with Crippen molar-refractivity contribution in [3.05, 3.63) is 63.6 Å². The molecule has 1 N–H and O–H groups in total. The van der Waals surface area contributed by atoms with Crippen molar-refractivity contribution in [2.75, 3.05) is 6.61 Å². The summed E-state index contributed by atoms with van der Waals surface area (Å²) >= 11 is 11.9. The van der Waals surface area contributed by atoms with Gasteiger partial charge in [0, 0.05) is 5.56 Å². The molecule has 0 atom stereocenters. The first-order chi connectivity index (χ1) is 11.5. The minimum absolute atomic E-state index is 0.121. The van der Waals surface area contributed by atoms with E-state index < -0.39 is 0 Å². The Hall–Kier alpha value is -2.04. The molecule has 24 heavy (non-hydrogen) atoms. The van der Waals surface area contributed by atoms with Crippen LogP contribution < -0.4 is 10.2 Å². The smallest absolute Gasteiger partial charge is 0.277 e. The van der Waals surface area contributed by atoms with E-state index in [0.717, 1.165) is 5.56 Å². The fourth-order valence-electron chi connectivity index (χ4n) is 2.06. The van der Waals surface area contributed by atoms with Crippen molar-refractivity contribution >= 4 is 35.3 Å². The van der Waals surface area contributed by atoms with Crippen LogP contribution in [-0.2, 0) is 4.79 Å². The van der Waals surface area contributed by atoms with Gasteiger partial charge in [0.15, 0.2) is 6.61 Å². The van der Waals surface area contributed by atoms with Gasteiger partial charge in [0.05, 0.1) is 16.3 Å². The van der Waals surface area contributed by atoms with E-state index in [-0.39, 0.29) is 12.5 Å². The Kier molecular flexibility index (Phi) is 6.64. The molecule has 126 valence electrons. The lowest BCUT2D eigenvalue weighted by molar-refractivity contribution is -0.123. The topological polar surface area (TPSA) is 50.7 Å². The SMILES string of the molecule is CC(C)c1ccccc1OCC(=O)N/N=C/c1cccc(Cl)c1Cl. The molecule has 0 unspecified atom stereocenters. The Bertz CT molecular complexity index is 746. The number of halogens is 2. The molecule has 0 aliphatic heterocycles. The second kappa shape index (κ2) is 8.71. The molecule has 0 aliphatic carbocycles. The first kappa shape index (κ1) is 18.3. The number of nitrogens with zero attached hydrogens (tertiary/aromatic N) is 1. The summed E-state index contributed by atoms with van der Waals surface area (Å²) in [5.41, 5.74) is 4.08. The summed E-state index contributed by atoms with van der Waals surface area (Å²) in [6, 6.07) is 12.8. The Morgan fingerprint density at radius 1 is 1.21 bits per heavy atom. The van der Waals surface area contributed by atoms with Gasteiger partial charge in [-0.2, -0.15) is 5.10 Å². The highest BCUT2D eigenvalue weighted by molar-refractivity contribution is 6.43. The second-order valence-electron chi connectivity index (χ2n) is 5.42. The monoisotopic (exact) mass is 364 g/mol. The lowest BCUT2D eigenvalue weighted by atomic mass is 10.0. The van der Waals surface area contributed by atoms with Crippen molar-refractivity contribution in [1.82, 2.24) is 5.43 Å². The van der Waals surface area contributed by atoms with E-state index in [1.807, 2.05) is 24.3 Å². The summed E-state index contributed by atoms with van der Waals surface area (Å²) in [5.74, 6) is 0.653. The molecule has 0 aromatic heterocycles. The normalized spacial score (nSPS) is 11.0. The van der Waals surface area contributed by atoms with Crippen LogP contribution in [0, 0.1) is 0 Å². The fraction of sp³-hybridized carbons (Fsp3) is 0.222. The number of nitrogens with one attached hydrogen (secondary N) is 1. The third kappa shape index (κ3) is 4.98. The highest BCUT2D eigenvalue weighted by atomic mass is 35.5. The summed E-state index contributed by atoms with van der Waals surface area (Å²) < 4.78 is 5.57. The van der Waals surface area contributed by atoms with Gasteiger partial charge in [-0.15, -0.1) is 0 Å². The van der Waals surface area contributed by atoms with Gasteiger partial charge in [-0.25, -0.2) is 5.43 Å². The average Bonchev–Trinajstić information content (AvgIpc) is 2.57. The maximum Gasteiger partial charge on any atom is 0.277 e. The molecular weight excluding hydrogens is 347 g/mol. The Morgan fingerprint density at radius 2 is 1.96 bits per heavy atom. The fourth-order valence-corrected chi connectivity index (χ4v) is 2.42. The third-order valence-corrected chi connectivity index (χ3v) is 4.11. The van der Waals surface area contributed by atoms with Crippen molar-refractivity contribution in [1.29, 1.82) is 0 Å². The maximum absolute atomic E-state index is 11.8. The number of hydrazone groups is 1. The van der Waals surface area contributed by atoms with E-state index in [2.05, 4.69) is 24.4 Å². The average molecular weight is 365 g/mol. The van der Waals surface area contributed by atoms with Gasteiger partial charge in [-0.05, 0) is 23.6 Å². The number of carbonyl (C=O) groups is 1. The van der Waals surface area contributed by atoms with Crippen LogP contribution in [0.1, 0.15) is 30.9 Å². The quantitative estimate of drug-likeness (QED) is 0.599. The highest BCUT2D eigenvalue weighted by Crippen LogP contribution is 2.26. The van der Waals surface area contributed by atoms with Crippen molar-refractivity contribution in [2.24, 2.45) is 5.10 Å². The number of carbonyl (C=O) groups excluding carboxylic acids is 1. The predicted molar refractivity (Wildman–Crippen MR) is 98.2 cm³/mol. The van der Waals surface area contributed by atoms with Gasteiger partial charge in [-0.1, -0.05) is 67.4 Å². The van der Waals surface area contributed by atoms with Crippen molar-refractivity contribution in [3.63, 3.8) is 0 Å². The van der Waals surface area contributed by atoms with Crippen LogP contribution in [0.2, 0.25) is 10.0 Å². The molecule has 4 nitrogen and oxygen atoms in total. The standard InChI is InChI=1S/C18H18Cl2N2O2/c1-12(2)14-7-3-4-9-16(14)24-11-17(23)22-21-10-13-6-5-8-15(19)18(13)20/h3-10,12H,11H2,1-2H3,(H,22,23)/b21-10+. The molecule has 0 radical (unpaired) electrons. The summed E-state index contributed by atoms with van der Waals surface area (Å²) in [7, 11) is 0. The van der Waals surface area contributed by atoms with Crippen LogP contribution in [0.3, 0.4) is 0 Å². The summed E-state index contributed by atoms with van der Waals surface area (Å²) in [6.45, 7) is 4.02. The second-order valence-corrected chi connectivity index (χ2v) is 6.20. The maximum atomic E-state index is 11.8. The molecule has 2 aromatic carbocycles. The largest absolute Gasteiger partial charge is 0.483 e. The Morgan fingerprint density at radius 3 is 2.71 bits per heavy atom. The molecular formula is C18H18Cl2N2O2.